The van der Waals surface area contributed by atoms with Crippen molar-refractivity contribution in [2.24, 2.45) is 11.8 Å². The monoisotopic (exact) mass is 176 g/mol. The first-order chi connectivity index (χ1) is 5.20. The summed E-state index contributed by atoms with van der Waals surface area (Å²) in [4.78, 5) is 0. The molecule has 0 aromatic heterocycles. The predicted molar refractivity (Wildman–Crippen MR) is 46.8 cm³/mol. The van der Waals surface area contributed by atoms with Crippen LogP contribution in [0, 0.1) is 11.8 Å². The highest BCUT2D eigenvalue weighted by Gasteiger charge is 2.22. The largest absolute Gasteiger partial charge is 0.306 e. The van der Waals surface area contributed by atoms with Gasteiger partial charge in [0.25, 0.3) is 0 Å². The van der Waals surface area contributed by atoms with Gasteiger partial charge in [-0.2, -0.15) is 0 Å². The Kier molecular flexibility index (Phi) is 3.52. The highest BCUT2D eigenvalue weighted by Crippen LogP contribution is 2.31. The minimum atomic E-state index is -1.59. The highest BCUT2D eigenvalue weighted by atomic mass is 32.2. The Balaban J connectivity index is 2.28. The molecule has 2 atom stereocenters. The lowest BCUT2D eigenvalue weighted by molar-refractivity contribution is 0.393. The van der Waals surface area contributed by atoms with Crippen LogP contribution in [0.1, 0.15) is 32.6 Å². The second-order valence-corrected chi connectivity index (χ2v) is 4.49. The molecule has 1 rings (SSSR count). The van der Waals surface area contributed by atoms with E-state index in [9.17, 15) is 4.21 Å². The van der Waals surface area contributed by atoms with E-state index >= 15 is 0 Å². The Morgan fingerprint density at radius 1 is 1.55 bits per heavy atom. The van der Waals surface area contributed by atoms with E-state index in [0.717, 1.165) is 0 Å². The summed E-state index contributed by atoms with van der Waals surface area (Å²) in [5.41, 5.74) is 0. The van der Waals surface area contributed by atoms with Gasteiger partial charge in [0.05, 0.1) is 5.75 Å². The third kappa shape index (κ3) is 2.91. The van der Waals surface area contributed by atoms with E-state index in [1.165, 1.54) is 25.7 Å². The van der Waals surface area contributed by atoms with Crippen LogP contribution in [0.2, 0.25) is 0 Å². The Bertz CT molecular complexity index is 141. The van der Waals surface area contributed by atoms with E-state index in [2.05, 4.69) is 6.92 Å². The molecule has 66 valence electrons. The van der Waals surface area contributed by atoms with Crippen molar-refractivity contribution >= 4 is 11.1 Å². The zero-order chi connectivity index (χ0) is 8.27. The smallest absolute Gasteiger partial charge is 0.153 e. The third-order valence-corrected chi connectivity index (χ3v) is 3.42. The molecule has 1 N–H and O–H groups in total. The SMILES string of the molecule is CC(CS(=O)O)C1CCCC1. The van der Waals surface area contributed by atoms with Crippen LogP contribution in [-0.2, 0) is 11.1 Å². The van der Waals surface area contributed by atoms with Crippen molar-refractivity contribution in [3.8, 4) is 0 Å². The van der Waals surface area contributed by atoms with Gasteiger partial charge in [-0.05, 0) is 11.8 Å². The average Bonchev–Trinajstić information content (AvgIpc) is 2.35. The fourth-order valence-electron chi connectivity index (χ4n) is 1.89. The summed E-state index contributed by atoms with van der Waals surface area (Å²) < 4.78 is 19.1. The van der Waals surface area contributed by atoms with Crippen molar-refractivity contribution in [3.05, 3.63) is 0 Å². The second kappa shape index (κ2) is 4.21. The van der Waals surface area contributed by atoms with Gasteiger partial charge in [0.1, 0.15) is 0 Å². The topological polar surface area (TPSA) is 37.3 Å². The van der Waals surface area contributed by atoms with Crippen molar-refractivity contribution < 1.29 is 8.76 Å². The fraction of sp³-hybridized carbons (Fsp3) is 1.00. The summed E-state index contributed by atoms with van der Waals surface area (Å²) in [6.45, 7) is 2.09. The van der Waals surface area contributed by atoms with Gasteiger partial charge in [-0.1, -0.05) is 32.6 Å². The maximum Gasteiger partial charge on any atom is 0.153 e. The van der Waals surface area contributed by atoms with Crippen LogP contribution >= 0.6 is 0 Å². The van der Waals surface area contributed by atoms with Crippen LogP contribution in [0.4, 0.5) is 0 Å². The average molecular weight is 176 g/mol. The molecular weight excluding hydrogens is 160 g/mol. The highest BCUT2D eigenvalue weighted by molar-refractivity contribution is 7.79. The van der Waals surface area contributed by atoms with Crippen LogP contribution < -0.4 is 0 Å². The van der Waals surface area contributed by atoms with Gasteiger partial charge in [0.15, 0.2) is 11.1 Å². The molecule has 0 bridgehead atoms. The van der Waals surface area contributed by atoms with Crippen LogP contribution in [0.25, 0.3) is 0 Å². The second-order valence-electron chi connectivity index (χ2n) is 3.51. The zero-order valence-electron chi connectivity index (χ0n) is 6.95. The normalized spacial score (nSPS) is 25.3. The van der Waals surface area contributed by atoms with Crippen LogP contribution in [0.15, 0.2) is 0 Å². The van der Waals surface area contributed by atoms with E-state index in [1.54, 1.807) is 0 Å². The van der Waals surface area contributed by atoms with Crippen molar-refractivity contribution in [2.75, 3.05) is 5.75 Å². The maximum atomic E-state index is 10.5. The van der Waals surface area contributed by atoms with E-state index in [4.69, 9.17) is 4.55 Å². The quantitative estimate of drug-likeness (QED) is 0.668. The standard InChI is InChI=1S/C8H16O2S/c1-7(6-11(9)10)8-4-2-3-5-8/h7-8H,2-6H2,1H3,(H,9,10). The summed E-state index contributed by atoms with van der Waals surface area (Å²) in [6.07, 6.45) is 5.15. The molecule has 11 heavy (non-hydrogen) atoms. The molecule has 0 spiro atoms. The molecule has 0 amide bonds. The molecule has 0 aliphatic heterocycles. The Hall–Kier alpha value is 0.110. The molecule has 1 aliphatic carbocycles. The van der Waals surface area contributed by atoms with Gasteiger partial charge in [-0.3, -0.25) is 0 Å². The first kappa shape index (κ1) is 9.20. The van der Waals surface area contributed by atoms with Crippen molar-refractivity contribution in [3.63, 3.8) is 0 Å². The van der Waals surface area contributed by atoms with Crippen LogP contribution in [0.3, 0.4) is 0 Å². The van der Waals surface area contributed by atoms with E-state index in [0.29, 0.717) is 17.6 Å². The molecule has 0 heterocycles. The zero-order valence-corrected chi connectivity index (χ0v) is 7.77. The summed E-state index contributed by atoms with van der Waals surface area (Å²) in [7, 11) is 0. The van der Waals surface area contributed by atoms with Gasteiger partial charge >= 0.3 is 0 Å². The molecule has 0 saturated heterocycles. The summed E-state index contributed by atoms with van der Waals surface area (Å²) >= 11 is -1.59. The van der Waals surface area contributed by atoms with E-state index in [-0.39, 0.29) is 0 Å². The number of hydrogen-bond acceptors (Lipinski definition) is 1. The molecule has 0 aromatic carbocycles. The molecule has 3 heteroatoms. The van der Waals surface area contributed by atoms with Gasteiger partial charge in [0.2, 0.25) is 0 Å². The Labute approximate surface area is 70.7 Å². The van der Waals surface area contributed by atoms with Gasteiger partial charge in [0, 0.05) is 0 Å². The fourth-order valence-corrected chi connectivity index (χ4v) is 2.61. The van der Waals surface area contributed by atoms with Crippen molar-refractivity contribution in [2.45, 2.75) is 32.6 Å². The van der Waals surface area contributed by atoms with Crippen LogP contribution in [0.5, 0.6) is 0 Å². The third-order valence-electron chi connectivity index (χ3n) is 2.61. The molecule has 0 radical (unpaired) electrons. The van der Waals surface area contributed by atoms with E-state index in [1.807, 2.05) is 0 Å². The molecule has 2 unspecified atom stereocenters. The summed E-state index contributed by atoms with van der Waals surface area (Å²) in [6, 6.07) is 0. The van der Waals surface area contributed by atoms with Gasteiger partial charge in [-0.25, -0.2) is 4.21 Å². The van der Waals surface area contributed by atoms with Crippen LogP contribution in [-0.4, -0.2) is 14.5 Å². The molecule has 1 saturated carbocycles. The first-order valence-corrected chi connectivity index (χ1v) is 5.55. The molecule has 0 aromatic rings. The van der Waals surface area contributed by atoms with Crippen molar-refractivity contribution in [1.29, 1.82) is 0 Å². The minimum absolute atomic E-state index is 0.434. The molecule has 1 aliphatic rings. The molecular formula is C8H16O2S. The number of rotatable bonds is 3. The first-order valence-electron chi connectivity index (χ1n) is 4.27. The summed E-state index contributed by atoms with van der Waals surface area (Å²) in [5.74, 6) is 1.61. The maximum absolute atomic E-state index is 10.5. The Morgan fingerprint density at radius 3 is 2.55 bits per heavy atom. The van der Waals surface area contributed by atoms with Gasteiger partial charge < -0.3 is 4.55 Å². The number of hydrogen-bond donors (Lipinski definition) is 1. The molecule has 1 fully saturated rings. The van der Waals surface area contributed by atoms with Crippen molar-refractivity contribution in [1.82, 2.24) is 0 Å². The summed E-state index contributed by atoms with van der Waals surface area (Å²) in [5, 5.41) is 0. The van der Waals surface area contributed by atoms with E-state index < -0.39 is 11.1 Å². The van der Waals surface area contributed by atoms with Gasteiger partial charge in [-0.15, -0.1) is 0 Å². The minimum Gasteiger partial charge on any atom is -0.306 e. The predicted octanol–water partition coefficient (Wildman–Crippen LogP) is 2.03. The molecule has 2 nitrogen and oxygen atoms in total. The lowest BCUT2D eigenvalue weighted by Crippen LogP contribution is -2.15. The Morgan fingerprint density at radius 2 is 2.09 bits per heavy atom. The lowest BCUT2D eigenvalue weighted by atomic mass is 9.94. The lowest BCUT2D eigenvalue weighted by Gasteiger charge is -2.15.